The Kier molecular flexibility index (Phi) is 4.08. The van der Waals surface area contributed by atoms with E-state index in [2.05, 4.69) is 4.72 Å². The zero-order valence-corrected chi connectivity index (χ0v) is 12.2. The molecule has 0 unspecified atom stereocenters. The number of sulfonamides is 1. The molecular weight excluding hydrogens is 326 g/mol. The standard InChI is InChI=1S/C12H9Cl2FN2O2S/c13-8-3-1-2-4-10(8)17-20(18,19)11-6-7(16)5-9(14)12(11)15/h1-6,17H,16H2. The lowest BCUT2D eigenvalue weighted by Gasteiger charge is -2.11. The maximum absolute atomic E-state index is 13.8. The van der Waals surface area contributed by atoms with E-state index in [0.29, 0.717) is 0 Å². The Morgan fingerprint density at radius 3 is 2.40 bits per heavy atom. The Labute approximate surface area is 125 Å². The third kappa shape index (κ3) is 2.98. The van der Waals surface area contributed by atoms with Crippen LogP contribution in [0.1, 0.15) is 0 Å². The predicted octanol–water partition coefficient (Wildman–Crippen LogP) is 3.52. The molecule has 2 aromatic carbocycles. The van der Waals surface area contributed by atoms with Crippen molar-refractivity contribution in [1.29, 1.82) is 0 Å². The number of anilines is 2. The second-order valence-corrected chi connectivity index (χ2v) is 6.37. The minimum atomic E-state index is -4.19. The zero-order chi connectivity index (χ0) is 14.9. The Hall–Kier alpha value is -1.50. The maximum Gasteiger partial charge on any atom is 0.264 e. The number of rotatable bonds is 3. The Morgan fingerprint density at radius 1 is 1.10 bits per heavy atom. The van der Waals surface area contributed by atoms with Crippen molar-refractivity contribution in [2.45, 2.75) is 4.90 Å². The highest BCUT2D eigenvalue weighted by Crippen LogP contribution is 2.29. The highest BCUT2D eigenvalue weighted by Gasteiger charge is 2.22. The molecule has 0 aromatic heterocycles. The van der Waals surface area contributed by atoms with Crippen LogP contribution in [-0.2, 0) is 10.0 Å². The number of hydrogen-bond acceptors (Lipinski definition) is 3. The summed E-state index contributed by atoms with van der Waals surface area (Å²) in [6, 6.07) is 8.30. The van der Waals surface area contributed by atoms with Gasteiger partial charge in [-0.2, -0.15) is 0 Å². The van der Waals surface area contributed by atoms with E-state index >= 15 is 0 Å². The number of hydrogen-bond donors (Lipinski definition) is 2. The van der Waals surface area contributed by atoms with Gasteiger partial charge in [0.1, 0.15) is 4.90 Å². The number of nitrogen functional groups attached to an aromatic ring is 1. The van der Waals surface area contributed by atoms with Crippen LogP contribution in [0.2, 0.25) is 10.0 Å². The van der Waals surface area contributed by atoms with E-state index in [-0.39, 0.29) is 21.4 Å². The van der Waals surface area contributed by atoms with E-state index in [9.17, 15) is 12.8 Å². The summed E-state index contributed by atoms with van der Waals surface area (Å²) in [5.41, 5.74) is 5.65. The van der Waals surface area contributed by atoms with Crippen molar-refractivity contribution in [1.82, 2.24) is 0 Å². The molecule has 2 rings (SSSR count). The first kappa shape index (κ1) is 14.9. The number of benzene rings is 2. The molecule has 0 amide bonds. The Morgan fingerprint density at radius 2 is 1.75 bits per heavy atom. The molecule has 0 spiro atoms. The van der Waals surface area contributed by atoms with Crippen molar-refractivity contribution < 1.29 is 12.8 Å². The lowest BCUT2D eigenvalue weighted by molar-refractivity contribution is 0.571. The topological polar surface area (TPSA) is 72.2 Å². The van der Waals surface area contributed by atoms with Crippen LogP contribution in [-0.4, -0.2) is 8.42 Å². The van der Waals surface area contributed by atoms with Crippen LogP contribution in [0.4, 0.5) is 15.8 Å². The molecule has 2 aromatic rings. The minimum absolute atomic E-state index is 0.0379. The average molecular weight is 335 g/mol. The first-order valence-corrected chi connectivity index (χ1v) is 7.57. The van der Waals surface area contributed by atoms with E-state index in [4.69, 9.17) is 28.9 Å². The van der Waals surface area contributed by atoms with Gasteiger partial charge in [-0.05, 0) is 24.3 Å². The minimum Gasteiger partial charge on any atom is -0.399 e. The summed E-state index contributed by atoms with van der Waals surface area (Å²) in [5, 5.41) is -0.184. The van der Waals surface area contributed by atoms with Crippen molar-refractivity contribution in [3.63, 3.8) is 0 Å². The largest absolute Gasteiger partial charge is 0.399 e. The molecule has 20 heavy (non-hydrogen) atoms. The predicted molar refractivity (Wildman–Crippen MR) is 78.1 cm³/mol. The summed E-state index contributed by atoms with van der Waals surface area (Å²) in [7, 11) is -4.19. The van der Waals surface area contributed by atoms with Gasteiger partial charge in [-0.15, -0.1) is 0 Å². The van der Waals surface area contributed by atoms with Gasteiger partial charge in [-0.1, -0.05) is 35.3 Å². The average Bonchev–Trinajstić information content (AvgIpc) is 2.36. The van der Waals surface area contributed by atoms with E-state index in [1.807, 2.05) is 0 Å². The molecule has 0 saturated carbocycles. The van der Waals surface area contributed by atoms with E-state index in [0.717, 1.165) is 12.1 Å². The molecule has 3 N–H and O–H groups in total. The molecular formula is C12H9Cl2FN2O2S. The van der Waals surface area contributed by atoms with E-state index in [1.54, 1.807) is 12.1 Å². The van der Waals surface area contributed by atoms with Crippen molar-refractivity contribution in [3.8, 4) is 0 Å². The van der Waals surface area contributed by atoms with Crippen LogP contribution in [0.3, 0.4) is 0 Å². The van der Waals surface area contributed by atoms with Crippen LogP contribution in [0.25, 0.3) is 0 Å². The van der Waals surface area contributed by atoms with Crippen LogP contribution in [0.15, 0.2) is 41.3 Å². The normalized spacial score (nSPS) is 11.3. The zero-order valence-electron chi connectivity index (χ0n) is 9.90. The van der Waals surface area contributed by atoms with Gasteiger partial charge >= 0.3 is 0 Å². The fourth-order valence-corrected chi connectivity index (χ4v) is 3.26. The first-order chi connectivity index (χ1) is 9.31. The number of halogens is 3. The summed E-state index contributed by atoms with van der Waals surface area (Å²) in [6.45, 7) is 0. The van der Waals surface area contributed by atoms with Gasteiger partial charge in [0.2, 0.25) is 0 Å². The third-order valence-electron chi connectivity index (χ3n) is 2.42. The Bertz CT molecular complexity index is 766. The van der Waals surface area contributed by atoms with Gasteiger partial charge in [0.15, 0.2) is 5.82 Å². The first-order valence-electron chi connectivity index (χ1n) is 5.33. The number of para-hydroxylation sites is 1. The molecule has 8 heteroatoms. The lowest BCUT2D eigenvalue weighted by atomic mass is 10.3. The van der Waals surface area contributed by atoms with Crippen LogP contribution in [0, 0.1) is 5.82 Å². The second-order valence-electron chi connectivity index (χ2n) is 3.90. The molecule has 0 aliphatic rings. The van der Waals surface area contributed by atoms with E-state index in [1.165, 1.54) is 12.1 Å². The maximum atomic E-state index is 13.8. The molecule has 0 atom stereocenters. The highest BCUT2D eigenvalue weighted by molar-refractivity contribution is 7.92. The smallest absolute Gasteiger partial charge is 0.264 e. The van der Waals surface area contributed by atoms with Crippen molar-refractivity contribution in [2.24, 2.45) is 0 Å². The van der Waals surface area contributed by atoms with Crippen molar-refractivity contribution >= 4 is 44.6 Å². The summed E-state index contributed by atoms with van der Waals surface area (Å²) in [6.07, 6.45) is 0. The number of nitrogens with two attached hydrogens (primary N) is 1. The second kappa shape index (κ2) is 5.47. The quantitative estimate of drug-likeness (QED) is 0.843. The van der Waals surface area contributed by atoms with Crippen LogP contribution < -0.4 is 10.5 Å². The third-order valence-corrected chi connectivity index (χ3v) is 4.39. The SMILES string of the molecule is Nc1cc(Cl)c(F)c(S(=O)(=O)Nc2ccccc2Cl)c1. The van der Waals surface area contributed by atoms with Crippen molar-refractivity contribution in [2.75, 3.05) is 10.5 Å². The molecule has 0 aliphatic heterocycles. The molecule has 106 valence electrons. The van der Waals surface area contributed by atoms with Crippen LogP contribution in [0.5, 0.6) is 0 Å². The van der Waals surface area contributed by atoms with Gasteiger partial charge in [0.25, 0.3) is 10.0 Å². The highest BCUT2D eigenvalue weighted by atomic mass is 35.5. The number of nitrogens with one attached hydrogen (secondary N) is 1. The molecule has 0 fully saturated rings. The van der Waals surface area contributed by atoms with Gasteiger partial charge in [0, 0.05) is 5.69 Å². The molecule has 0 saturated heterocycles. The monoisotopic (exact) mass is 334 g/mol. The summed E-state index contributed by atoms with van der Waals surface area (Å²) >= 11 is 11.4. The molecule has 4 nitrogen and oxygen atoms in total. The molecule has 0 heterocycles. The van der Waals surface area contributed by atoms with Gasteiger partial charge in [0.05, 0.1) is 15.7 Å². The molecule has 0 aliphatic carbocycles. The van der Waals surface area contributed by atoms with Gasteiger partial charge in [-0.25, -0.2) is 12.8 Å². The van der Waals surface area contributed by atoms with Gasteiger partial charge < -0.3 is 5.73 Å². The summed E-state index contributed by atoms with van der Waals surface area (Å²) < 4.78 is 40.3. The Balaban J connectivity index is 2.49. The molecule has 0 bridgehead atoms. The molecule has 0 radical (unpaired) electrons. The fraction of sp³-hybridized carbons (Fsp3) is 0. The van der Waals surface area contributed by atoms with E-state index < -0.39 is 20.7 Å². The lowest BCUT2D eigenvalue weighted by Crippen LogP contribution is -2.15. The van der Waals surface area contributed by atoms with Gasteiger partial charge in [-0.3, -0.25) is 4.72 Å². The summed E-state index contributed by atoms with van der Waals surface area (Å²) in [4.78, 5) is -0.637. The fourth-order valence-electron chi connectivity index (χ4n) is 1.52. The van der Waals surface area contributed by atoms with Crippen LogP contribution >= 0.6 is 23.2 Å². The summed E-state index contributed by atoms with van der Waals surface area (Å²) in [5.74, 6) is -1.07. The van der Waals surface area contributed by atoms with Crippen molar-refractivity contribution in [3.05, 3.63) is 52.3 Å².